The summed E-state index contributed by atoms with van der Waals surface area (Å²) in [4.78, 5) is 15.5. The first-order valence-corrected chi connectivity index (χ1v) is 6.35. The quantitative estimate of drug-likeness (QED) is 0.836. The van der Waals surface area contributed by atoms with E-state index in [1.165, 1.54) is 0 Å². The molecule has 0 atom stereocenters. The molecule has 0 saturated carbocycles. The third-order valence-electron chi connectivity index (χ3n) is 3.06. The molecular weight excluding hydrogens is 242 g/mol. The van der Waals surface area contributed by atoms with Gasteiger partial charge in [-0.25, -0.2) is 0 Å². The molecule has 5 nitrogen and oxygen atoms in total. The third-order valence-corrected chi connectivity index (χ3v) is 3.06. The van der Waals surface area contributed by atoms with E-state index in [-0.39, 0.29) is 5.91 Å². The molecule has 2 N–H and O–H groups in total. The van der Waals surface area contributed by atoms with Gasteiger partial charge in [0.1, 0.15) is 5.75 Å². The molecular formula is C14H23N3O2. The zero-order valence-corrected chi connectivity index (χ0v) is 12.1. The highest BCUT2D eigenvalue weighted by molar-refractivity contribution is 5.81. The van der Waals surface area contributed by atoms with Crippen molar-refractivity contribution in [3.8, 4) is 5.75 Å². The summed E-state index contributed by atoms with van der Waals surface area (Å²) in [7, 11) is 5.14. The Bertz CT molecular complexity index is 433. The maximum atomic E-state index is 11.9. The minimum Gasteiger partial charge on any atom is -0.497 e. The second-order valence-corrected chi connectivity index (χ2v) is 4.50. The average Bonchev–Trinajstić information content (AvgIpc) is 2.43. The third kappa shape index (κ3) is 3.86. The Morgan fingerprint density at radius 3 is 2.53 bits per heavy atom. The summed E-state index contributed by atoms with van der Waals surface area (Å²) >= 11 is 0. The van der Waals surface area contributed by atoms with Crippen LogP contribution in [0.4, 0.5) is 5.69 Å². The van der Waals surface area contributed by atoms with Gasteiger partial charge in [-0.05, 0) is 18.6 Å². The number of methoxy groups -OCH3 is 1. The van der Waals surface area contributed by atoms with Gasteiger partial charge in [0, 0.05) is 38.9 Å². The normalized spacial score (nSPS) is 10.2. The summed E-state index contributed by atoms with van der Waals surface area (Å²) in [6, 6.07) is 5.75. The number of benzene rings is 1. The SMILES string of the molecule is CCN(CC(=O)N(C)C)c1cc(OC)ccc1CN. The zero-order chi connectivity index (χ0) is 14.4. The van der Waals surface area contributed by atoms with Gasteiger partial charge in [-0.15, -0.1) is 0 Å². The van der Waals surface area contributed by atoms with Crippen LogP contribution in [-0.2, 0) is 11.3 Å². The largest absolute Gasteiger partial charge is 0.497 e. The predicted octanol–water partition coefficient (Wildman–Crippen LogP) is 1.07. The molecule has 0 heterocycles. The number of amides is 1. The highest BCUT2D eigenvalue weighted by Crippen LogP contribution is 2.26. The van der Waals surface area contributed by atoms with Crippen LogP contribution >= 0.6 is 0 Å². The first-order chi connectivity index (χ1) is 9.03. The summed E-state index contributed by atoms with van der Waals surface area (Å²) in [5.41, 5.74) is 7.73. The minimum absolute atomic E-state index is 0.0626. The fraction of sp³-hybridized carbons (Fsp3) is 0.500. The number of ether oxygens (including phenoxy) is 1. The lowest BCUT2D eigenvalue weighted by molar-refractivity contribution is -0.127. The molecule has 0 bridgehead atoms. The predicted molar refractivity (Wildman–Crippen MR) is 77.5 cm³/mol. The molecule has 106 valence electrons. The van der Waals surface area contributed by atoms with Crippen molar-refractivity contribution in [3.05, 3.63) is 23.8 Å². The highest BCUT2D eigenvalue weighted by atomic mass is 16.5. The molecule has 0 aliphatic carbocycles. The number of anilines is 1. The maximum Gasteiger partial charge on any atom is 0.241 e. The van der Waals surface area contributed by atoms with Gasteiger partial charge in [0.15, 0.2) is 0 Å². The van der Waals surface area contributed by atoms with Crippen LogP contribution in [0, 0.1) is 0 Å². The van der Waals surface area contributed by atoms with Crippen molar-refractivity contribution in [1.29, 1.82) is 0 Å². The summed E-state index contributed by atoms with van der Waals surface area (Å²) in [5, 5.41) is 0. The number of nitrogens with two attached hydrogens (primary N) is 1. The Labute approximate surface area is 114 Å². The monoisotopic (exact) mass is 265 g/mol. The van der Waals surface area contributed by atoms with Crippen LogP contribution in [0.1, 0.15) is 12.5 Å². The van der Waals surface area contributed by atoms with Gasteiger partial charge in [0.2, 0.25) is 5.91 Å². The molecule has 0 spiro atoms. The van der Waals surface area contributed by atoms with Gasteiger partial charge >= 0.3 is 0 Å². The van der Waals surface area contributed by atoms with Gasteiger partial charge < -0.3 is 20.3 Å². The van der Waals surface area contributed by atoms with Crippen molar-refractivity contribution < 1.29 is 9.53 Å². The van der Waals surface area contributed by atoms with E-state index in [0.29, 0.717) is 13.1 Å². The molecule has 19 heavy (non-hydrogen) atoms. The van der Waals surface area contributed by atoms with Crippen LogP contribution in [0.15, 0.2) is 18.2 Å². The van der Waals surface area contributed by atoms with E-state index in [0.717, 1.165) is 23.5 Å². The van der Waals surface area contributed by atoms with Crippen LogP contribution < -0.4 is 15.4 Å². The standard InChI is InChI=1S/C14H23N3O2/c1-5-17(10-14(18)16(2)3)13-8-12(19-4)7-6-11(13)9-15/h6-8H,5,9-10,15H2,1-4H3. The second kappa shape index (κ2) is 6.99. The summed E-state index contributed by atoms with van der Waals surface area (Å²) in [5.74, 6) is 0.829. The van der Waals surface area contributed by atoms with Crippen molar-refractivity contribution in [2.45, 2.75) is 13.5 Å². The van der Waals surface area contributed by atoms with Crippen LogP contribution in [0.3, 0.4) is 0 Å². The van der Waals surface area contributed by atoms with Gasteiger partial charge in [0.25, 0.3) is 0 Å². The van der Waals surface area contributed by atoms with E-state index in [1.54, 1.807) is 26.1 Å². The van der Waals surface area contributed by atoms with Crippen molar-refractivity contribution in [2.24, 2.45) is 5.73 Å². The number of hydrogen-bond acceptors (Lipinski definition) is 4. The number of likely N-dealkylation sites (N-methyl/N-ethyl adjacent to an activating group) is 2. The molecule has 0 aliphatic heterocycles. The van der Waals surface area contributed by atoms with Crippen LogP contribution in [0.2, 0.25) is 0 Å². The van der Waals surface area contributed by atoms with Crippen LogP contribution in [-0.4, -0.2) is 45.1 Å². The van der Waals surface area contributed by atoms with E-state index >= 15 is 0 Å². The topological polar surface area (TPSA) is 58.8 Å². The number of carbonyl (C=O) groups excluding carboxylic acids is 1. The van der Waals surface area contributed by atoms with Gasteiger partial charge in [-0.1, -0.05) is 6.07 Å². The Balaban J connectivity index is 3.05. The maximum absolute atomic E-state index is 11.9. The molecule has 1 aromatic carbocycles. The Morgan fingerprint density at radius 1 is 1.37 bits per heavy atom. The average molecular weight is 265 g/mol. The smallest absolute Gasteiger partial charge is 0.241 e. The Kier molecular flexibility index (Phi) is 5.63. The van der Waals surface area contributed by atoms with E-state index in [2.05, 4.69) is 0 Å². The molecule has 0 saturated heterocycles. The molecule has 0 unspecified atom stereocenters. The fourth-order valence-corrected chi connectivity index (χ4v) is 1.81. The number of rotatable bonds is 6. The summed E-state index contributed by atoms with van der Waals surface area (Å²) < 4.78 is 5.24. The van der Waals surface area contributed by atoms with Gasteiger partial charge in [0.05, 0.1) is 13.7 Å². The number of hydrogen-bond donors (Lipinski definition) is 1. The fourth-order valence-electron chi connectivity index (χ4n) is 1.81. The van der Waals surface area contributed by atoms with E-state index < -0.39 is 0 Å². The van der Waals surface area contributed by atoms with E-state index in [4.69, 9.17) is 10.5 Å². The molecule has 1 amide bonds. The zero-order valence-electron chi connectivity index (χ0n) is 12.1. The second-order valence-electron chi connectivity index (χ2n) is 4.50. The number of carbonyl (C=O) groups is 1. The van der Waals surface area contributed by atoms with Crippen molar-refractivity contribution in [2.75, 3.05) is 39.2 Å². The highest BCUT2D eigenvalue weighted by Gasteiger charge is 2.15. The van der Waals surface area contributed by atoms with Crippen molar-refractivity contribution in [3.63, 3.8) is 0 Å². The molecule has 0 radical (unpaired) electrons. The lowest BCUT2D eigenvalue weighted by Crippen LogP contribution is -2.37. The van der Waals surface area contributed by atoms with Crippen LogP contribution in [0.25, 0.3) is 0 Å². The van der Waals surface area contributed by atoms with E-state index in [9.17, 15) is 4.79 Å². The molecule has 5 heteroatoms. The molecule has 0 aromatic heterocycles. The molecule has 0 fully saturated rings. The summed E-state index contributed by atoms with van der Waals surface area (Å²) in [6.45, 7) is 3.53. The molecule has 1 aromatic rings. The molecule has 1 rings (SSSR count). The minimum atomic E-state index is 0.0626. The van der Waals surface area contributed by atoms with E-state index in [1.807, 2.05) is 30.0 Å². The first kappa shape index (κ1) is 15.3. The van der Waals surface area contributed by atoms with Gasteiger partial charge in [-0.2, -0.15) is 0 Å². The summed E-state index contributed by atoms with van der Waals surface area (Å²) in [6.07, 6.45) is 0. The lowest BCUT2D eigenvalue weighted by Gasteiger charge is -2.26. The first-order valence-electron chi connectivity index (χ1n) is 6.35. The molecule has 0 aliphatic rings. The van der Waals surface area contributed by atoms with Crippen molar-refractivity contribution >= 4 is 11.6 Å². The van der Waals surface area contributed by atoms with Gasteiger partial charge in [-0.3, -0.25) is 4.79 Å². The Hall–Kier alpha value is -1.75. The Morgan fingerprint density at radius 2 is 2.05 bits per heavy atom. The lowest BCUT2D eigenvalue weighted by atomic mass is 10.1. The van der Waals surface area contributed by atoms with Crippen LogP contribution in [0.5, 0.6) is 5.75 Å². The number of nitrogens with zero attached hydrogens (tertiary/aromatic N) is 2. The van der Waals surface area contributed by atoms with Crippen molar-refractivity contribution in [1.82, 2.24) is 4.90 Å².